The standard InChI is InChI=1S/C20H33N3S/c1-18-8-9-19(2)23(18)15-14-21-10-12-22(13-11-21)16-17-24-20-6-4-3-5-7-20/h3-7,18-19H,8-17H2,1-2H3/t18-,19-/m0/s1. The van der Waals surface area contributed by atoms with Gasteiger partial charge in [-0.15, -0.1) is 11.8 Å². The van der Waals surface area contributed by atoms with Crippen molar-refractivity contribution in [3.8, 4) is 0 Å². The Morgan fingerprint density at radius 2 is 1.42 bits per heavy atom. The van der Waals surface area contributed by atoms with Crippen LogP contribution in [0.25, 0.3) is 0 Å². The van der Waals surface area contributed by atoms with Gasteiger partial charge >= 0.3 is 0 Å². The molecule has 2 fully saturated rings. The third-order valence-corrected chi connectivity index (χ3v) is 6.69. The second-order valence-corrected chi connectivity index (χ2v) is 8.53. The first-order valence-electron chi connectivity index (χ1n) is 9.60. The Morgan fingerprint density at radius 3 is 2.04 bits per heavy atom. The van der Waals surface area contributed by atoms with Gasteiger partial charge in [0.2, 0.25) is 0 Å². The Kier molecular flexibility index (Phi) is 7.02. The van der Waals surface area contributed by atoms with E-state index in [1.807, 2.05) is 11.8 Å². The molecule has 2 atom stereocenters. The Balaban J connectivity index is 1.30. The van der Waals surface area contributed by atoms with Crippen LogP contribution in [-0.2, 0) is 0 Å². The van der Waals surface area contributed by atoms with E-state index in [2.05, 4.69) is 58.9 Å². The summed E-state index contributed by atoms with van der Waals surface area (Å²) >= 11 is 1.98. The summed E-state index contributed by atoms with van der Waals surface area (Å²) < 4.78 is 0. The first-order chi connectivity index (χ1) is 11.7. The lowest BCUT2D eigenvalue weighted by Gasteiger charge is -2.36. The number of nitrogens with zero attached hydrogens (tertiary/aromatic N) is 3. The zero-order valence-corrected chi connectivity index (χ0v) is 16.2. The van der Waals surface area contributed by atoms with E-state index in [1.54, 1.807) is 0 Å². The van der Waals surface area contributed by atoms with Crippen LogP contribution in [-0.4, -0.2) is 78.3 Å². The lowest BCUT2D eigenvalue weighted by molar-refractivity contribution is 0.113. The second-order valence-electron chi connectivity index (χ2n) is 7.36. The summed E-state index contributed by atoms with van der Waals surface area (Å²) in [5.41, 5.74) is 0. The van der Waals surface area contributed by atoms with Crippen molar-refractivity contribution in [1.82, 2.24) is 14.7 Å². The van der Waals surface area contributed by atoms with Crippen LogP contribution < -0.4 is 0 Å². The summed E-state index contributed by atoms with van der Waals surface area (Å²) in [5, 5.41) is 0. The molecule has 0 saturated carbocycles. The number of likely N-dealkylation sites (tertiary alicyclic amines) is 1. The van der Waals surface area contributed by atoms with Gasteiger partial charge in [0.05, 0.1) is 0 Å². The molecule has 2 aliphatic rings. The summed E-state index contributed by atoms with van der Waals surface area (Å²) in [6, 6.07) is 12.3. The predicted octanol–water partition coefficient (Wildman–Crippen LogP) is 3.27. The minimum atomic E-state index is 0.788. The Bertz CT molecular complexity index is 463. The van der Waals surface area contributed by atoms with E-state index in [1.165, 1.54) is 69.3 Å². The monoisotopic (exact) mass is 347 g/mol. The molecule has 4 heteroatoms. The van der Waals surface area contributed by atoms with Gasteiger partial charge in [0.15, 0.2) is 0 Å². The van der Waals surface area contributed by atoms with Crippen molar-refractivity contribution in [1.29, 1.82) is 0 Å². The second kappa shape index (κ2) is 9.23. The number of hydrogen-bond acceptors (Lipinski definition) is 4. The van der Waals surface area contributed by atoms with Gasteiger partial charge in [-0.2, -0.15) is 0 Å². The van der Waals surface area contributed by atoms with Gasteiger partial charge in [0.25, 0.3) is 0 Å². The molecule has 2 heterocycles. The summed E-state index contributed by atoms with van der Waals surface area (Å²) in [5.74, 6) is 1.20. The van der Waals surface area contributed by atoms with Gasteiger partial charge in [-0.05, 0) is 38.8 Å². The first kappa shape index (κ1) is 18.2. The van der Waals surface area contributed by atoms with Crippen LogP contribution in [0, 0.1) is 0 Å². The Labute approximate surface area is 152 Å². The molecule has 0 N–H and O–H groups in total. The molecule has 134 valence electrons. The molecule has 1 aromatic rings. The average molecular weight is 348 g/mol. The summed E-state index contributed by atoms with van der Waals surface area (Å²) in [4.78, 5) is 9.40. The third kappa shape index (κ3) is 5.22. The highest BCUT2D eigenvalue weighted by Crippen LogP contribution is 2.23. The summed E-state index contributed by atoms with van der Waals surface area (Å²) in [6.07, 6.45) is 2.77. The molecule has 0 aliphatic carbocycles. The minimum absolute atomic E-state index is 0.788. The summed E-state index contributed by atoms with van der Waals surface area (Å²) in [6.45, 7) is 13.5. The topological polar surface area (TPSA) is 9.72 Å². The van der Waals surface area contributed by atoms with Gasteiger partial charge in [-0.25, -0.2) is 0 Å². The van der Waals surface area contributed by atoms with Crippen molar-refractivity contribution in [2.75, 3.05) is 51.6 Å². The molecule has 2 aliphatic heterocycles. The number of hydrogen-bond donors (Lipinski definition) is 0. The molecule has 0 amide bonds. The van der Waals surface area contributed by atoms with Crippen LogP contribution in [0.3, 0.4) is 0 Å². The molecule has 24 heavy (non-hydrogen) atoms. The van der Waals surface area contributed by atoms with E-state index in [4.69, 9.17) is 0 Å². The molecule has 0 unspecified atom stereocenters. The van der Waals surface area contributed by atoms with Crippen molar-refractivity contribution >= 4 is 11.8 Å². The molecule has 0 radical (unpaired) electrons. The first-order valence-corrected chi connectivity index (χ1v) is 10.6. The van der Waals surface area contributed by atoms with Gasteiger partial charge < -0.3 is 0 Å². The predicted molar refractivity (Wildman–Crippen MR) is 105 cm³/mol. The fourth-order valence-electron chi connectivity index (χ4n) is 3.99. The van der Waals surface area contributed by atoms with E-state index in [0.29, 0.717) is 0 Å². The van der Waals surface area contributed by atoms with Crippen LogP contribution in [0.15, 0.2) is 35.2 Å². The molecule has 3 nitrogen and oxygen atoms in total. The van der Waals surface area contributed by atoms with Gasteiger partial charge in [0.1, 0.15) is 0 Å². The molecule has 3 rings (SSSR count). The van der Waals surface area contributed by atoms with E-state index >= 15 is 0 Å². The van der Waals surface area contributed by atoms with Crippen LogP contribution in [0.5, 0.6) is 0 Å². The van der Waals surface area contributed by atoms with Gasteiger partial charge in [-0.1, -0.05) is 18.2 Å². The van der Waals surface area contributed by atoms with Crippen LogP contribution in [0.1, 0.15) is 26.7 Å². The highest BCUT2D eigenvalue weighted by atomic mass is 32.2. The van der Waals surface area contributed by atoms with E-state index < -0.39 is 0 Å². The maximum atomic E-state index is 2.71. The van der Waals surface area contributed by atoms with Crippen molar-refractivity contribution in [3.63, 3.8) is 0 Å². The van der Waals surface area contributed by atoms with E-state index in [-0.39, 0.29) is 0 Å². The Hall–Kier alpha value is -0.550. The lowest BCUT2D eigenvalue weighted by atomic mass is 10.2. The molecule has 1 aromatic carbocycles. The average Bonchev–Trinajstić information content (AvgIpc) is 2.93. The largest absolute Gasteiger partial charge is 0.300 e. The minimum Gasteiger partial charge on any atom is -0.300 e. The smallest absolute Gasteiger partial charge is 0.0115 e. The highest BCUT2D eigenvalue weighted by Gasteiger charge is 2.27. The number of thioether (sulfide) groups is 1. The molecule has 0 bridgehead atoms. The Morgan fingerprint density at radius 1 is 0.833 bits per heavy atom. The number of benzene rings is 1. The lowest BCUT2D eigenvalue weighted by Crippen LogP contribution is -2.49. The normalized spacial score (nSPS) is 26.9. The van der Waals surface area contributed by atoms with Crippen LogP contribution >= 0.6 is 11.8 Å². The fraction of sp³-hybridized carbons (Fsp3) is 0.700. The fourth-order valence-corrected chi connectivity index (χ4v) is 4.93. The zero-order valence-electron chi connectivity index (χ0n) is 15.4. The highest BCUT2D eigenvalue weighted by molar-refractivity contribution is 7.99. The maximum absolute atomic E-state index is 2.71. The van der Waals surface area contributed by atoms with Crippen molar-refractivity contribution < 1.29 is 0 Å². The van der Waals surface area contributed by atoms with Gasteiger partial charge in [0, 0.05) is 68.5 Å². The van der Waals surface area contributed by atoms with E-state index in [9.17, 15) is 0 Å². The van der Waals surface area contributed by atoms with Crippen molar-refractivity contribution in [2.24, 2.45) is 0 Å². The quantitative estimate of drug-likeness (QED) is 0.700. The van der Waals surface area contributed by atoms with Crippen LogP contribution in [0.4, 0.5) is 0 Å². The molecular formula is C20H33N3S. The van der Waals surface area contributed by atoms with Gasteiger partial charge in [-0.3, -0.25) is 14.7 Å². The molecular weight excluding hydrogens is 314 g/mol. The van der Waals surface area contributed by atoms with E-state index in [0.717, 1.165) is 12.1 Å². The third-order valence-electron chi connectivity index (χ3n) is 5.69. The molecule has 0 aromatic heterocycles. The van der Waals surface area contributed by atoms with Crippen molar-refractivity contribution in [2.45, 2.75) is 43.7 Å². The summed E-state index contributed by atoms with van der Waals surface area (Å²) in [7, 11) is 0. The van der Waals surface area contributed by atoms with Crippen molar-refractivity contribution in [3.05, 3.63) is 30.3 Å². The van der Waals surface area contributed by atoms with Crippen LogP contribution in [0.2, 0.25) is 0 Å². The number of rotatable bonds is 7. The maximum Gasteiger partial charge on any atom is 0.0115 e. The molecule has 0 spiro atoms. The number of piperazine rings is 1. The zero-order chi connectivity index (χ0) is 16.8. The molecule has 2 saturated heterocycles. The SMILES string of the molecule is C[C@H]1CC[C@H](C)N1CCN1CCN(CCSc2ccccc2)CC1.